The highest BCUT2D eigenvalue weighted by Gasteiger charge is 2.17. The van der Waals surface area contributed by atoms with Crippen LogP contribution in [0.4, 0.5) is 17.6 Å². The Morgan fingerprint density at radius 2 is 1.64 bits per heavy atom. The highest BCUT2D eigenvalue weighted by atomic mass is 19.3. The van der Waals surface area contributed by atoms with E-state index in [0.29, 0.717) is 5.56 Å². The summed E-state index contributed by atoms with van der Waals surface area (Å²) in [6, 6.07) is 9.63. The number of hydrogen-bond acceptors (Lipinski definition) is 1. The average Bonchev–Trinajstić information content (AvgIpc) is 2.50. The zero-order valence-electron chi connectivity index (χ0n) is 12.1. The molecule has 0 saturated carbocycles. The van der Waals surface area contributed by atoms with Crippen LogP contribution in [0.25, 0.3) is 11.1 Å². The van der Waals surface area contributed by atoms with Gasteiger partial charge in [0.15, 0.2) is 11.6 Å². The molecule has 0 fully saturated rings. The van der Waals surface area contributed by atoms with Gasteiger partial charge in [-0.1, -0.05) is 37.6 Å². The SMILES string of the molecule is CCCc1ccc(-c2ccc(OCC(F)F)c(F)c2F)cc1. The van der Waals surface area contributed by atoms with Gasteiger partial charge in [0, 0.05) is 5.56 Å². The quantitative estimate of drug-likeness (QED) is 0.664. The molecule has 0 heterocycles. The molecule has 2 aromatic carbocycles. The molecule has 5 heteroatoms. The lowest BCUT2D eigenvalue weighted by atomic mass is 10.0. The average molecular weight is 312 g/mol. The predicted molar refractivity (Wildman–Crippen MR) is 77.3 cm³/mol. The summed E-state index contributed by atoms with van der Waals surface area (Å²) in [6.07, 6.45) is -0.830. The molecular formula is C17H16F4O. The first-order valence-corrected chi connectivity index (χ1v) is 7.01. The summed E-state index contributed by atoms with van der Waals surface area (Å²) in [6.45, 7) is 1.09. The van der Waals surface area contributed by atoms with E-state index in [1.165, 1.54) is 6.07 Å². The summed E-state index contributed by atoms with van der Waals surface area (Å²) < 4.78 is 56.6. The van der Waals surface area contributed by atoms with Crippen LogP contribution in [0.2, 0.25) is 0 Å². The van der Waals surface area contributed by atoms with Crippen LogP contribution in [0.3, 0.4) is 0 Å². The fraction of sp³-hybridized carbons (Fsp3) is 0.294. The summed E-state index contributed by atoms with van der Waals surface area (Å²) in [7, 11) is 0. The van der Waals surface area contributed by atoms with Gasteiger partial charge in [-0.25, -0.2) is 13.2 Å². The van der Waals surface area contributed by atoms with Crippen LogP contribution in [0.1, 0.15) is 18.9 Å². The van der Waals surface area contributed by atoms with E-state index in [9.17, 15) is 17.6 Å². The molecule has 0 unspecified atom stereocenters. The molecule has 22 heavy (non-hydrogen) atoms. The Bertz CT molecular complexity index is 623. The Hall–Kier alpha value is -2.04. The molecular weight excluding hydrogens is 296 g/mol. The minimum absolute atomic E-state index is 0.0740. The Morgan fingerprint density at radius 3 is 2.23 bits per heavy atom. The minimum atomic E-state index is -2.74. The molecule has 0 aromatic heterocycles. The van der Waals surface area contributed by atoms with E-state index in [2.05, 4.69) is 11.7 Å². The molecule has 0 bridgehead atoms. The van der Waals surface area contributed by atoms with E-state index in [1.54, 1.807) is 12.1 Å². The van der Waals surface area contributed by atoms with Crippen molar-refractivity contribution in [2.24, 2.45) is 0 Å². The molecule has 0 radical (unpaired) electrons. The van der Waals surface area contributed by atoms with E-state index in [4.69, 9.17) is 0 Å². The van der Waals surface area contributed by atoms with Gasteiger partial charge in [-0.2, -0.15) is 4.39 Å². The van der Waals surface area contributed by atoms with E-state index >= 15 is 0 Å². The number of hydrogen-bond donors (Lipinski definition) is 0. The highest BCUT2D eigenvalue weighted by Crippen LogP contribution is 2.30. The van der Waals surface area contributed by atoms with Crippen molar-refractivity contribution >= 4 is 0 Å². The first-order valence-electron chi connectivity index (χ1n) is 7.01. The largest absolute Gasteiger partial charge is 0.484 e. The van der Waals surface area contributed by atoms with Crippen molar-refractivity contribution in [3.05, 3.63) is 53.6 Å². The maximum Gasteiger partial charge on any atom is 0.272 e. The predicted octanol–water partition coefficient (Wildman–Crippen LogP) is 5.23. The molecule has 0 aliphatic carbocycles. The minimum Gasteiger partial charge on any atom is -0.484 e. The molecule has 2 aromatic rings. The van der Waals surface area contributed by atoms with Crippen LogP contribution in [0.5, 0.6) is 5.75 Å². The maximum absolute atomic E-state index is 14.1. The van der Waals surface area contributed by atoms with E-state index in [1.807, 2.05) is 12.1 Å². The van der Waals surface area contributed by atoms with E-state index < -0.39 is 30.4 Å². The lowest BCUT2D eigenvalue weighted by Gasteiger charge is -2.10. The van der Waals surface area contributed by atoms with E-state index in [0.717, 1.165) is 24.5 Å². The third-order valence-corrected chi connectivity index (χ3v) is 3.22. The van der Waals surface area contributed by atoms with Crippen LogP contribution in [-0.2, 0) is 6.42 Å². The smallest absolute Gasteiger partial charge is 0.272 e. The summed E-state index contributed by atoms with van der Waals surface area (Å²) >= 11 is 0. The van der Waals surface area contributed by atoms with Gasteiger partial charge in [-0.15, -0.1) is 0 Å². The monoisotopic (exact) mass is 312 g/mol. The molecule has 0 atom stereocenters. The lowest BCUT2D eigenvalue weighted by Crippen LogP contribution is -2.08. The second kappa shape index (κ2) is 7.29. The molecule has 118 valence electrons. The van der Waals surface area contributed by atoms with Crippen molar-refractivity contribution in [3.8, 4) is 16.9 Å². The van der Waals surface area contributed by atoms with Crippen LogP contribution in [-0.4, -0.2) is 13.0 Å². The molecule has 0 aliphatic rings. The van der Waals surface area contributed by atoms with Gasteiger partial charge in [-0.05, 0) is 29.7 Å². The molecule has 0 saturated heterocycles. The van der Waals surface area contributed by atoms with Crippen molar-refractivity contribution in [1.29, 1.82) is 0 Å². The molecule has 2 rings (SSSR count). The van der Waals surface area contributed by atoms with Gasteiger partial charge in [0.1, 0.15) is 6.61 Å². The standard InChI is InChI=1S/C17H16F4O/c1-2-3-11-4-6-12(7-5-11)13-8-9-14(17(21)16(13)20)22-10-15(18)19/h4-9,15H,2-3,10H2,1H3. The van der Waals surface area contributed by atoms with Crippen LogP contribution < -0.4 is 4.74 Å². The fourth-order valence-electron chi connectivity index (χ4n) is 2.16. The van der Waals surface area contributed by atoms with Gasteiger partial charge in [0.25, 0.3) is 6.43 Å². The van der Waals surface area contributed by atoms with Gasteiger partial charge < -0.3 is 4.74 Å². The van der Waals surface area contributed by atoms with Crippen molar-refractivity contribution in [1.82, 2.24) is 0 Å². The maximum atomic E-state index is 14.1. The first-order chi connectivity index (χ1) is 10.5. The van der Waals surface area contributed by atoms with E-state index in [-0.39, 0.29) is 5.56 Å². The third kappa shape index (κ3) is 3.78. The molecule has 1 nitrogen and oxygen atoms in total. The van der Waals surface area contributed by atoms with Gasteiger partial charge in [0.2, 0.25) is 5.82 Å². The molecule has 0 N–H and O–H groups in total. The zero-order chi connectivity index (χ0) is 16.1. The van der Waals surface area contributed by atoms with Crippen LogP contribution in [0.15, 0.2) is 36.4 Å². The highest BCUT2D eigenvalue weighted by molar-refractivity contribution is 5.65. The van der Waals surface area contributed by atoms with Crippen molar-refractivity contribution in [2.75, 3.05) is 6.61 Å². The Labute approximate surface area is 126 Å². The van der Waals surface area contributed by atoms with Crippen molar-refractivity contribution < 1.29 is 22.3 Å². The van der Waals surface area contributed by atoms with Crippen molar-refractivity contribution in [3.63, 3.8) is 0 Å². The van der Waals surface area contributed by atoms with Crippen LogP contribution >= 0.6 is 0 Å². The molecule has 0 spiro atoms. The topological polar surface area (TPSA) is 9.23 Å². The number of benzene rings is 2. The molecule has 0 aliphatic heterocycles. The lowest BCUT2D eigenvalue weighted by molar-refractivity contribution is 0.0795. The van der Waals surface area contributed by atoms with Gasteiger partial charge in [-0.3, -0.25) is 0 Å². The Kier molecular flexibility index (Phi) is 5.41. The number of aryl methyl sites for hydroxylation is 1. The summed E-state index contributed by atoms with van der Waals surface area (Å²) in [5.41, 5.74) is 1.71. The second-order valence-corrected chi connectivity index (χ2v) is 4.89. The Morgan fingerprint density at radius 1 is 0.955 bits per heavy atom. The van der Waals surface area contributed by atoms with Crippen LogP contribution in [0, 0.1) is 11.6 Å². The Balaban J connectivity index is 2.26. The number of rotatable bonds is 6. The summed E-state index contributed by atoms with van der Waals surface area (Å²) in [4.78, 5) is 0. The summed E-state index contributed by atoms with van der Waals surface area (Å²) in [5.74, 6) is -2.87. The van der Waals surface area contributed by atoms with Crippen molar-refractivity contribution in [2.45, 2.75) is 26.2 Å². The third-order valence-electron chi connectivity index (χ3n) is 3.22. The molecule has 0 amide bonds. The second-order valence-electron chi connectivity index (χ2n) is 4.89. The number of ether oxygens (including phenoxy) is 1. The number of alkyl halides is 2. The fourth-order valence-corrected chi connectivity index (χ4v) is 2.16. The number of halogens is 4. The first kappa shape index (κ1) is 16.3. The zero-order valence-corrected chi connectivity index (χ0v) is 12.1. The van der Waals surface area contributed by atoms with Gasteiger partial charge >= 0.3 is 0 Å². The van der Waals surface area contributed by atoms with Gasteiger partial charge in [0.05, 0.1) is 0 Å². The summed E-state index contributed by atoms with van der Waals surface area (Å²) in [5, 5.41) is 0. The normalized spacial score (nSPS) is 11.0.